The lowest BCUT2D eigenvalue weighted by atomic mass is 9.48. The van der Waals surface area contributed by atoms with Crippen LogP contribution in [0.15, 0.2) is 5.18 Å². The Morgan fingerprint density at radius 1 is 1.07 bits per heavy atom. The third kappa shape index (κ3) is 0.922. The van der Waals surface area contributed by atoms with Gasteiger partial charge in [-0.25, -0.2) is 0 Å². The molecule has 0 aromatic heterocycles. The van der Waals surface area contributed by atoms with E-state index in [0.717, 1.165) is 18.3 Å². The van der Waals surface area contributed by atoms with E-state index in [1.807, 2.05) is 0 Å². The highest BCUT2D eigenvalue weighted by Gasteiger charge is 2.57. The molecule has 0 saturated heterocycles. The second-order valence-electron chi connectivity index (χ2n) is 5.64. The van der Waals surface area contributed by atoms with Crippen molar-refractivity contribution in [1.29, 1.82) is 0 Å². The smallest absolute Gasteiger partial charge is 0.108 e. The average molecular weight is 192 g/mol. The normalized spacial score (nSPS) is 54.9. The van der Waals surface area contributed by atoms with Crippen LogP contribution in [0.3, 0.4) is 0 Å². The van der Waals surface area contributed by atoms with Gasteiger partial charge in [0, 0.05) is 0 Å². The van der Waals surface area contributed by atoms with Crippen molar-refractivity contribution >= 4 is 0 Å². The van der Waals surface area contributed by atoms with Gasteiger partial charge in [-0.3, -0.25) is 0 Å². The molecule has 4 saturated carbocycles. The summed E-state index contributed by atoms with van der Waals surface area (Å²) < 4.78 is 0. The Morgan fingerprint density at radius 2 is 1.57 bits per heavy atom. The Balaban J connectivity index is 1.97. The molecule has 0 amide bonds. The predicted octanol–water partition coefficient (Wildman–Crippen LogP) is 3.17. The summed E-state index contributed by atoms with van der Waals surface area (Å²) in [7, 11) is 0. The topological polar surface area (TPSA) is 29.4 Å². The summed E-state index contributed by atoms with van der Waals surface area (Å²) in [4.78, 5) is 11.2. The molecule has 4 fully saturated rings. The van der Waals surface area contributed by atoms with Crippen LogP contribution >= 0.6 is 0 Å². The third-order valence-electron chi connectivity index (χ3n) is 5.12. The zero-order valence-electron chi connectivity index (χ0n) is 8.61. The lowest BCUT2D eigenvalue weighted by Crippen LogP contribution is -2.56. The minimum Gasteiger partial charge on any atom is -0.150 e. The Labute approximate surface area is 85.4 Å². The first-order valence-electron chi connectivity index (χ1n) is 5.92. The summed E-state index contributed by atoms with van der Waals surface area (Å²) in [5, 5.41) is 3.52. The maximum atomic E-state index is 11.2. The standard InChI is InChI=1S/C12H18NO/c1-2-12(13-14)10-4-8-3-9(6-10)7-11(12)5-8/h8-11H,1-7H2. The molecular weight excluding hydrogens is 174 g/mol. The molecule has 14 heavy (non-hydrogen) atoms. The van der Waals surface area contributed by atoms with Gasteiger partial charge in [-0.1, -0.05) is 12.1 Å². The molecule has 0 heterocycles. The number of hydrogen-bond donors (Lipinski definition) is 0. The summed E-state index contributed by atoms with van der Waals surface area (Å²) >= 11 is 0. The van der Waals surface area contributed by atoms with Crippen LogP contribution in [0, 0.1) is 35.5 Å². The summed E-state index contributed by atoms with van der Waals surface area (Å²) in [6.45, 7) is 3.98. The van der Waals surface area contributed by atoms with Crippen molar-refractivity contribution in [3.63, 3.8) is 0 Å². The van der Waals surface area contributed by atoms with Gasteiger partial charge in [0.1, 0.15) is 5.54 Å². The van der Waals surface area contributed by atoms with Crippen LogP contribution in [-0.2, 0) is 0 Å². The van der Waals surface area contributed by atoms with E-state index in [4.69, 9.17) is 0 Å². The second kappa shape index (κ2) is 2.80. The molecule has 0 N–H and O–H groups in total. The first-order valence-corrected chi connectivity index (χ1v) is 5.92. The molecule has 4 aliphatic rings. The number of nitroso groups, excluding NO2 is 1. The van der Waals surface area contributed by atoms with E-state index < -0.39 is 0 Å². The number of rotatable bonds is 2. The van der Waals surface area contributed by atoms with Gasteiger partial charge in [0.2, 0.25) is 0 Å². The summed E-state index contributed by atoms with van der Waals surface area (Å²) in [5.74, 6) is 2.99. The quantitative estimate of drug-likeness (QED) is 0.618. The molecule has 0 atom stereocenters. The molecular formula is C12H18NO. The SMILES string of the molecule is [CH2]CC1(N=O)C2CC3CC(C2)CC1C3. The lowest BCUT2D eigenvalue weighted by molar-refractivity contribution is -0.0534. The van der Waals surface area contributed by atoms with Crippen LogP contribution in [0.1, 0.15) is 38.5 Å². The van der Waals surface area contributed by atoms with Crippen LogP contribution in [0.25, 0.3) is 0 Å². The van der Waals surface area contributed by atoms with Crippen molar-refractivity contribution in [2.24, 2.45) is 28.8 Å². The van der Waals surface area contributed by atoms with Gasteiger partial charge in [-0.05, 0) is 62.2 Å². The highest BCUT2D eigenvalue weighted by molar-refractivity contribution is 5.11. The number of nitrogens with zero attached hydrogens (tertiary/aromatic N) is 1. The first-order chi connectivity index (χ1) is 6.78. The maximum Gasteiger partial charge on any atom is 0.108 e. The molecule has 77 valence electrons. The zero-order valence-corrected chi connectivity index (χ0v) is 8.61. The molecule has 4 bridgehead atoms. The molecule has 0 aliphatic heterocycles. The van der Waals surface area contributed by atoms with Crippen molar-refractivity contribution < 1.29 is 0 Å². The van der Waals surface area contributed by atoms with Crippen LogP contribution in [-0.4, -0.2) is 5.54 Å². The van der Waals surface area contributed by atoms with Gasteiger partial charge < -0.3 is 0 Å². The number of hydrogen-bond acceptors (Lipinski definition) is 2. The van der Waals surface area contributed by atoms with Crippen molar-refractivity contribution in [2.45, 2.75) is 44.1 Å². The lowest BCUT2D eigenvalue weighted by Gasteiger charge is -2.57. The van der Waals surface area contributed by atoms with Crippen LogP contribution in [0.5, 0.6) is 0 Å². The third-order valence-corrected chi connectivity index (χ3v) is 5.12. The Kier molecular flexibility index (Phi) is 1.78. The minimum absolute atomic E-state index is 0.257. The predicted molar refractivity (Wildman–Crippen MR) is 55.5 cm³/mol. The van der Waals surface area contributed by atoms with Crippen molar-refractivity contribution in [3.8, 4) is 0 Å². The molecule has 4 rings (SSSR count). The molecule has 0 aromatic rings. The van der Waals surface area contributed by atoms with Gasteiger partial charge in [0.15, 0.2) is 0 Å². The molecule has 2 heteroatoms. The fourth-order valence-corrected chi connectivity index (χ4v) is 4.60. The minimum atomic E-state index is -0.257. The molecule has 0 spiro atoms. The van der Waals surface area contributed by atoms with Gasteiger partial charge in [0.25, 0.3) is 0 Å². The zero-order chi connectivity index (χ0) is 9.76. The van der Waals surface area contributed by atoms with E-state index in [9.17, 15) is 4.91 Å². The van der Waals surface area contributed by atoms with E-state index in [0.29, 0.717) is 11.8 Å². The van der Waals surface area contributed by atoms with Crippen LogP contribution < -0.4 is 0 Å². The van der Waals surface area contributed by atoms with E-state index in [1.54, 1.807) is 0 Å². The highest BCUT2D eigenvalue weighted by atomic mass is 16.3. The molecule has 0 aromatic carbocycles. The van der Waals surface area contributed by atoms with Crippen LogP contribution in [0.2, 0.25) is 0 Å². The van der Waals surface area contributed by atoms with Gasteiger partial charge in [-0.2, -0.15) is 4.91 Å². The summed E-state index contributed by atoms with van der Waals surface area (Å²) in [6, 6.07) is 0. The van der Waals surface area contributed by atoms with Crippen molar-refractivity contribution in [2.75, 3.05) is 0 Å². The van der Waals surface area contributed by atoms with E-state index in [-0.39, 0.29) is 5.54 Å². The van der Waals surface area contributed by atoms with Gasteiger partial charge in [0.05, 0.1) is 0 Å². The van der Waals surface area contributed by atoms with E-state index in [2.05, 4.69) is 12.1 Å². The van der Waals surface area contributed by atoms with Crippen molar-refractivity contribution in [3.05, 3.63) is 11.8 Å². The van der Waals surface area contributed by atoms with E-state index in [1.165, 1.54) is 32.1 Å². The Morgan fingerprint density at radius 3 is 1.93 bits per heavy atom. The summed E-state index contributed by atoms with van der Waals surface area (Å²) in [6.07, 6.45) is 7.19. The molecule has 1 radical (unpaired) electrons. The van der Waals surface area contributed by atoms with Crippen LogP contribution in [0.4, 0.5) is 0 Å². The molecule has 4 aliphatic carbocycles. The second-order valence-corrected chi connectivity index (χ2v) is 5.64. The van der Waals surface area contributed by atoms with Crippen molar-refractivity contribution in [1.82, 2.24) is 0 Å². The largest absolute Gasteiger partial charge is 0.150 e. The van der Waals surface area contributed by atoms with Gasteiger partial charge >= 0.3 is 0 Å². The molecule has 0 unspecified atom stereocenters. The van der Waals surface area contributed by atoms with Gasteiger partial charge in [-0.15, -0.1) is 0 Å². The average Bonchev–Trinajstić information content (AvgIpc) is 2.18. The monoisotopic (exact) mass is 192 g/mol. The maximum absolute atomic E-state index is 11.2. The van der Waals surface area contributed by atoms with E-state index >= 15 is 0 Å². The molecule has 2 nitrogen and oxygen atoms in total. The summed E-state index contributed by atoms with van der Waals surface area (Å²) in [5.41, 5.74) is -0.257. The fraction of sp³-hybridized carbons (Fsp3) is 0.917. The first kappa shape index (κ1) is 8.87. The Hall–Kier alpha value is -0.400. The highest BCUT2D eigenvalue weighted by Crippen LogP contribution is 2.60. The fourth-order valence-electron chi connectivity index (χ4n) is 4.60. The Bertz CT molecular complexity index is 233.